The molecule has 0 unspecified atom stereocenters. The summed E-state index contributed by atoms with van der Waals surface area (Å²) in [7, 11) is 0. The normalized spacial score (nSPS) is 12.1. The summed E-state index contributed by atoms with van der Waals surface area (Å²) in [6.07, 6.45) is -10.4. The van der Waals surface area contributed by atoms with Crippen molar-refractivity contribution in [2.45, 2.75) is 12.4 Å². The molecule has 126 valence electrons. The second-order valence-electron chi connectivity index (χ2n) is 4.72. The molecular formula is C15H6BrF6NO. The Balaban J connectivity index is 2.75. The lowest BCUT2D eigenvalue weighted by atomic mass is 9.96. The zero-order chi connectivity index (χ0) is 18.3. The minimum absolute atomic E-state index is 0.0168. The first-order valence-corrected chi connectivity index (χ1v) is 6.96. The number of halogens is 7. The zero-order valence-corrected chi connectivity index (χ0v) is 13.0. The van der Waals surface area contributed by atoms with Gasteiger partial charge in [0.05, 0.1) is 27.2 Å². The average molecular weight is 410 g/mol. The lowest BCUT2D eigenvalue weighted by Crippen LogP contribution is -2.16. The maximum atomic E-state index is 13.0. The van der Waals surface area contributed by atoms with Gasteiger partial charge in [0, 0.05) is 5.56 Å². The minimum atomic E-state index is -5.24. The summed E-state index contributed by atoms with van der Waals surface area (Å²) in [6, 6.07) is 5.46. The molecule has 0 bridgehead atoms. The van der Waals surface area contributed by atoms with E-state index in [4.69, 9.17) is 5.26 Å². The van der Waals surface area contributed by atoms with Gasteiger partial charge in [-0.05, 0) is 45.8 Å². The molecule has 0 fully saturated rings. The number of rotatable bonds is 1. The third-order valence-corrected chi connectivity index (χ3v) is 3.74. The predicted octanol–water partition coefficient (Wildman–Crippen LogP) is 5.73. The fourth-order valence-electron chi connectivity index (χ4n) is 2.08. The van der Waals surface area contributed by atoms with Crippen molar-refractivity contribution in [3.8, 4) is 22.9 Å². The Kier molecular flexibility index (Phi) is 4.55. The van der Waals surface area contributed by atoms with Gasteiger partial charge < -0.3 is 5.11 Å². The van der Waals surface area contributed by atoms with E-state index in [-0.39, 0.29) is 21.2 Å². The molecule has 0 amide bonds. The number of phenolic OH excluding ortho intramolecular Hbond substituents is 1. The van der Waals surface area contributed by atoms with Crippen molar-refractivity contribution < 1.29 is 31.4 Å². The molecule has 0 radical (unpaired) electrons. The fourth-order valence-corrected chi connectivity index (χ4v) is 2.54. The first-order valence-electron chi connectivity index (χ1n) is 6.16. The average Bonchev–Trinajstić information content (AvgIpc) is 2.47. The topological polar surface area (TPSA) is 44.0 Å². The van der Waals surface area contributed by atoms with Crippen LogP contribution in [0.4, 0.5) is 26.3 Å². The van der Waals surface area contributed by atoms with Crippen molar-refractivity contribution in [1.29, 1.82) is 5.26 Å². The summed E-state index contributed by atoms with van der Waals surface area (Å²) >= 11 is 2.94. The van der Waals surface area contributed by atoms with Crippen molar-refractivity contribution in [2.75, 3.05) is 0 Å². The number of benzene rings is 2. The lowest BCUT2D eigenvalue weighted by molar-refractivity contribution is -0.162. The summed E-state index contributed by atoms with van der Waals surface area (Å²) in [5.74, 6) is -0.484. The van der Waals surface area contributed by atoms with Crippen LogP contribution in [0.5, 0.6) is 5.75 Å². The summed E-state index contributed by atoms with van der Waals surface area (Å²) < 4.78 is 77.3. The van der Waals surface area contributed by atoms with E-state index in [1.807, 2.05) is 0 Å². The third-order valence-electron chi connectivity index (χ3n) is 3.13. The Hall–Kier alpha value is -2.21. The van der Waals surface area contributed by atoms with E-state index in [1.54, 1.807) is 6.07 Å². The molecule has 0 aromatic heterocycles. The molecule has 2 aromatic rings. The molecule has 0 aliphatic carbocycles. The Bertz CT molecular complexity index is 836. The number of hydrogen-bond acceptors (Lipinski definition) is 2. The van der Waals surface area contributed by atoms with Crippen molar-refractivity contribution in [3.63, 3.8) is 0 Å². The number of nitriles is 1. The summed E-state index contributed by atoms with van der Waals surface area (Å²) in [4.78, 5) is 0. The molecule has 0 aliphatic rings. The van der Waals surface area contributed by atoms with Crippen LogP contribution in [0.25, 0.3) is 11.1 Å². The molecule has 2 aromatic carbocycles. The van der Waals surface area contributed by atoms with Crippen LogP contribution in [-0.4, -0.2) is 5.11 Å². The van der Waals surface area contributed by atoms with E-state index in [1.165, 1.54) is 6.07 Å². The molecule has 0 saturated carbocycles. The number of aromatic hydroxyl groups is 1. The highest BCUT2D eigenvalue weighted by molar-refractivity contribution is 9.10. The summed E-state index contributed by atoms with van der Waals surface area (Å²) in [5.41, 5.74) is -4.17. The largest absolute Gasteiger partial charge is 0.506 e. The van der Waals surface area contributed by atoms with E-state index >= 15 is 0 Å². The van der Waals surface area contributed by atoms with Crippen molar-refractivity contribution in [1.82, 2.24) is 0 Å². The number of phenols is 1. The smallest absolute Gasteiger partial charge is 0.417 e. The number of alkyl halides is 6. The maximum absolute atomic E-state index is 13.0. The second kappa shape index (κ2) is 6.02. The van der Waals surface area contributed by atoms with Crippen LogP contribution in [0.1, 0.15) is 16.7 Å². The van der Waals surface area contributed by atoms with E-state index in [9.17, 15) is 31.4 Å². The van der Waals surface area contributed by atoms with Crippen LogP contribution < -0.4 is 0 Å². The van der Waals surface area contributed by atoms with Crippen LogP contribution in [0, 0.1) is 11.3 Å². The van der Waals surface area contributed by atoms with Gasteiger partial charge in [-0.15, -0.1) is 0 Å². The van der Waals surface area contributed by atoms with Crippen LogP contribution in [0.3, 0.4) is 0 Å². The molecular weight excluding hydrogens is 404 g/mol. The molecule has 0 spiro atoms. The molecule has 0 heterocycles. The first kappa shape index (κ1) is 18.1. The van der Waals surface area contributed by atoms with E-state index in [0.717, 1.165) is 12.1 Å². The molecule has 2 rings (SSSR count). The van der Waals surface area contributed by atoms with Gasteiger partial charge in [-0.1, -0.05) is 6.07 Å². The lowest BCUT2D eigenvalue weighted by Gasteiger charge is -2.17. The minimum Gasteiger partial charge on any atom is -0.506 e. The highest BCUT2D eigenvalue weighted by atomic mass is 79.9. The van der Waals surface area contributed by atoms with E-state index in [2.05, 4.69) is 15.9 Å². The Morgan fingerprint density at radius 1 is 0.917 bits per heavy atom. The van der Waals surface area contributed by atoms with Crippen LogP contribution in [-0.2, 0) is 12.4 Å². The van der Waals surface area contributed by atoms with Gasteiger partial charge in [0.2, 0.25) is 0 Å². The molecule has 24 heavy (non-hydrogen) atoms. The Morgan fingerprint density at radius 3 is 2.00 bits per heavy atom. The molecule has 0 saturated heterocycles. The quantitative estimate of drug-likeness (QED) is 0.611. The fraction of sp³-hybridized carbons (Fsp3) is 0.133. The number of nitrogens with zero attached hydrogens (tertiary/aromatic N) is 1. The molecule has 0 aliphatic heterocycles. The zero-order valence-electron chi connectivity index (χ0n) is 11.4. The van der Waals surface area contributed by atoms with Gasteiger partial charge in [0.15, 0.2) is 0 Å². The van der Waals surface area contributed by atoms with Gasteiger partial charge in [0.25, 0.3) is 0 Å². The standard InChI is InChI=1S/C15H6BrF6NO/c16-12-4-7(6-23)3-9(13(12)24)8-1-2-10(14(17,18)19)11(5-8)15(20,21)22/h1-5,24H. The van der Waals surface area contributed by atoms with Gasteiger partial charge in [-0.3, -0.25) is 0 Å². The molecule has 2 nitrogen and oxygen atoms in total. The summed E-state index contributed by atoms with van der Waals surface area (Å²) in [6.45, 7) is 0. The van der Waals surface area contributed by atoms with Gasteiger partial charge in [0.1, 0.15) is 5.75 Å². The number of hydrogen-bond donors (Lipinski definition) is 1. The molecule has 9 heteroatoms. The van der Waals surface area contributed by atoms with Crippen molar-refractivity contribution >= 4 is 15.9 Å². The van der Waals surface area contributed by atoms with Gasteiger partial charge in [-0.2, -0.15) is 31.6 Å². The highest BCUT2D eigenvalue weighted by Crippen LogP contribution is 2.44. The van der Waals surface area contributed by atoms with Crippen LogP contribution >= 0.6 is 15.9 Å². The predicted molar refractivity (Wildman–Crippen MR) is 76.0 cm³/mol. The third kappa shape index (κ3) is 3.48. The van der Waals surface area contributed by atoms with Crippen LogP contribution in [0.2, 0.25) is 0 Å². The van der Waals surface area contributed by atoms with Gasteiger partial charge in [-0.25, -0.2) is 0 Å². The first-order chi connectivity index (χ1) is 10.9. The summed E-state index contributed by atoms with van der Waals surface area (Å²) in [5, 5.41) is 18.8. The van der Waals surface area contributed by atoms with E-state index in [0.29, 0.717) is 12.1 Å². The SMILES string of the molecule is N#Cc1cc(Br)c(O)c(-c2ccc(C(F)(F)F)c(C(F)(F)F)c2)c1. The Morgan fingerprint density at radius 2 is 1.50 bits per heavy atom. The molecule has 1 N–H and O–H groups in total. The van der Waals surface area contributed by atoms with Crippen molar-refractivity contribution in [2.24, 2.45) is 0 Å². The molecule has 0 atom stereocenters. The monoisotopic (exact) mass is 409 g/mol. The van der Waals surface area contributed by atoms with Crippen LogP contribution in [0.15, 0.2) is 34.8 Å². The van der Waals surface area contributed by atoms with Gasteiger partial charge >= 0.3 is 12.4 Å². The second-order valence-corrected chi connectivity index (χ2v) is 5.58. The van der Waals surface area contributed by atoms with Crippen molar-refractivity contribution in [3.05, 3.63) is 51.5 Å². The van der Waals surface area contributed by atoms with E-state index < -0.39 is 29.2 Å². The Labute approximate surface area is 140 Å². The maximum Gasteiger partial charge on any atom is 0.417 e. The highest BCUT2D eigenvalue weighted by Gasteiger charge is 2.43.